The molecule has 2 unspecified atom stereocenters. The monoisotopic (exact) mass is 480 g/mol. The van der Waals surface area contributed by atoms with E-state index in [2.05, 4.69) is 25.3 Å². The van der Waals surface area contributed by atoms with E-state index in [1.54, 1.807) is 18.2 Å². The van der Waals surface area contributed by atoms with Crippen molar-refractivity contribution in [2.45, 2.75) is 26.1 Å². The fraction of sp³-hybridized carbons (Fsp3) is 0.640. The van der Waals surface area contributed by atoms with E-state index in [1.165, 1.54) is 21.3 Å². The Kier molecular flexibility index (Phi) is 11.6. The second-order valence-electron chi connectivity index (χ2n) is 8.75. The van der Waals surface area contributed by atoms with Gasteiger partial charge in [-0.1, -0.05) is 19.9 Å². The summed E-state index contributed by atoms with van der Waals surface area (Å²) < 4.78 is 27.5. The van der Waals surface area contributed by atoms with Gasteiger partial charge in [-0.05, 0) is 18.1 Å². The van der Waals surface area contributed by atoms with E-state index in [1.807, 2.05) is 4.90 Å². The van der Waals surface area contributed by atoms with Gasteiger partial charge in [0.2, 0.25) is 5.75 Å². The van der Waals surface area contributed by atoms with Crippen molar-refractivity contribution >= 4 is 5.91 Å². The molecule has 0 bridgehead atoms. The highest BCUT2D eigenvalue weighted by Crippen LogP contribution is 2.38. The zero-order valence-electron chi connectivity index (χ0n) is 21.1. The molecule has 1 aromatic carbocycles. The number of hydrogen-bond acceptors (Lipinski definition) is 8. The minimum Gasteiger partial charge on any atom is -0.493 e. The number of carbonyl (C=O) groups excluding carboxylic acids is 1. The molecule has 2 atom stereocenters. The largest absolute Gasteiger partial charge is 0.493 e. The molecule has 1 fully saturated rings. The minimum atomic E-state index is -0.591. The van der Waals surface area contributed by atoms with Gasteiger partial charge in [0, 0.05) is 38.3 Å². The van der Waals surface area contributed by atoms with Crippen molar-refractivity contribution in [3.63, 3.8) is 0 Å². The molecule has 0 spiro atoms. The van der Waals surface area contributed by atoms with E-state index >= 15 is 0 Å². The molecule has 192 valence electrons. The van der Waals surface area contributed by atoms with E-state index in [0.29, 0.717) is 62.2 Å². The van der Waals surface area contributed by atoms with Crippen LogP contribution in [-0.2, 0) is 9.47 Å². The molecule has 0 aliphatic carbocycles. The molecule has 1 aliphatic heterocycles. The van der Waals surface area contributed by atoms with Gasteiger partial charge in [0.1, 0.15) is 0 Å². The summed E-state index contributed by atoms with van der Waals surface area (Å²) in [4.78, 5) is 17.5. The van der Waals surface area contributed by atoms with Gasteiger partial charge < -0.3 is 33.7 Å². The maximum absolute atomic E-state index is 13.5. The van der Waals surface area contributed by atoms with Crippen LogP contribution in [0.25, 0.3) is 0 Å². The Hall–Kier alpha value is -2.33. The molecule has 1 heterocycles. The molecule has 0 aromatic heterocycles. The molecule has 34 heavy (non-hydrogen) atoms. The van der Waals surface area contributed by atoms with Crippen LogP contribution in [0, 0.1) is 5.92 Å². The predicted molar refractivity (Wildman–Crippen MR) is 130 cm³/mol. The standard InChI is InChI=1S/C25H40N2O7/c1-7-9-33-17-20(28)14-26-8-10-34-21(15-26)16-27(13-18(2)3)25(29)19-11-22(30-4)24(32-6)23(12-19)31-5/h7,11-12,18,20-21,28H,1,8-10,13-17H2,2-6H3. The summed E-state index contributed by atoms with van der Waals surface area (Å²) in [5.41, 5.74) is 0.456. The second-order valence-corrected chi connectivity index (χ2v) is 8.75. The molecule has 2 rings (SSSR count). The van der Waals surface area contributed by atoms with Crippen LogP contribution in [0.3, 0.4) is 0 Å². The molecule has 9 nitrogen and oxygen atoms in total. The molecule has 1 aromatic rings. The van der Waals surface area contributed by atoms with Gasteiger partial charge >= 0.3 is 0 Å². The minimum absolute atomic E-state index is 0.133. The van der Waals surface area contributed by atoms with Crippen molar-refractivity contribution in [1.29, 1.82) is 0 Å². The second kappa shape index (κ2) is 14.2. The maximum Gasteiger partial charge on any atom is 0.254 e. The van der Waals surface area contributed by atoms with Crippen molar-refractivity contribution in [2.24, 2.45) is 5.92 Å². The van der Waals surface area contributed by atoms with Gasteiger partial charge in [-0.2, -0.15) is 0 Å². The quantitative estimate of drug-likeness (QED) is 0.320. The fourth-order valence-corrected chi connectivity index (χ4v) is 4.01. The SMILES string of the molecule is C=CCOCC(O)CN1CCOC(CN(CC(C)C)C(=O)c2cc(OC)c(OC)c(OC)c2)C1. The Balaban J connectivity index is 2.12. The van der Waals surface area contributed by atoms with Crippen LogP contribution >= 0.6 is 0 Å². The number of benzene rings is 1. The lowest BCUT2D eigenvalue weighted by Crippen LogP contribution is -2.51. The molecule has 1 saturated heterocycles. The number of methoxy groups -OCH3 is 3. The van der Waals surface area contributed by atoms with Gasteiger partial charge in [-0.15, -0.1) is 6.58 Å². The van der Waals surface area contributed by atoms with Crippen LogP contribution in [0.4, 0.5) is 0 Å². The molecule has 1 aliphatic rings. The van der Waals surface area contributed by atoms with Gasteiger partial charge in [0.25, 0.3) is 5.91 Å². The molecule has 9 heteroatoms. The molecule has 1 amide bonds. The third-order valence-corrected chi connectivity index (χ3v) is 5.45. The summed E-state index contributed by atoms with van der Waals surface area (Å²) in [5, 5.41) is 10.3. The lowest BCUT2D eigenvalue weighted by atomic mass is 10.1. The smallest absolute Gasteiger partial charge is 0.254 e. The van der Waals surface area contributed by atoms with E-state index in [-0.39, 0.29) is 24.5 Å². The normalized spacial score (nSPS) is 17.3. The van der Waals surface area contributed by atoms with Gasteiger partial charge in [0.05, 0.1) is 53.4 Å². The first-order valence-corrected chi connectivity index (χ1v) is 11.6. The highest BCUT2D eigenvalue weighted by atomic mass is 16.5. The van der Waals surface area contributed by atoms with Crippen LogP contribution in [0.1, 0.15) is 24.2 Å². The Labute approximate surface area is 203 Å². The number of ether oxygens (including phenoxy) is 5. The van der Waals surface area contributed by atoms with Crippen LogP contribution < -0.4 is 14.2 Å². The lowest BCUT2D eigenvalue weighted by molar-refractivity contribution is -0.0581. The summed E-state index contributed by atoms with van der Waals surface area (Å²) >= 11 is 0. The zero-order chi connectivity index (χ0) is 25.1. The molecular weight excluding hydrogens is 440 g/mol. The highest BCUT2D eigenvalue weighted by molar-refractivity contribution is 5.95. The number of rotatable bonds is 14. The number of aliphatic hydroxyl groups excluding tert-OH is 1. The van der Waals surface area contributed by atoms with Crippen molar-refractivity contribution in [2.75, 3.05) is 73.9 Å². The fourth-order valence-electron chi connectivity index (χ4n) is 4.01. The predicted octanol–water partition coefficient (Wildman–Crippen LogP) is 2.07. The number of nitrogens with zero attached hydrogens (tertiary/aromatic N) is 2. The van der Waals surface area contributed by atoms with Crippen LogP contribution in [-0.4, -0.2) is 107 Å². The summed E-state index contributed by atoms with van der Waals surface area (Å²) in [5.74, 6) is 1.45. The van der Waals surface area contributed by atoms with E-state index in [9.17, 15) is 9.90 Å². The Morgan fingerprint density at radius 3 is 2.50 bits per heavy atom. The first-order chi connectivity index (χ1) is 16.3. The topological polar surface area (TPSA) is 89.9 Å². The summed E-state index contributed by atoms with van der Waals surface area (Å²) in [6.07, 6.45) is 0.900. The maximum atomic E-state index is 13.5. The number of carbonyl (C=O) groups is 1. The Morgan fingerprint density at radius 1 is 1.26 bits per heavy atom. The van der Waals surface area contributed by atoms with Crippen molar-refractivity contribution in [3.8, 4) is 17.2 Å². The Bertz CT molecular complexity index is 762. The number of hydrogen-bond donors (Lipinski definition) is 1. The Morgan fingerprint density at radius 2 is 1.94 bits per heavy atom. The molecule has 0 saturated carbocycles. The van der Waals surface area contributed by atoms with Crippen LogP contribution in [0.15, 0.2) is 24.8 Å². The number of amides is 1. The zero-order valence-corrected chi connectivity index (χ0v) is 21.1. The van der Waals surface area contributed by atoms with E-state index in [4.69, 9.17) is 23.7 Å². The number of aliphatic hydroxyl groups is 1. The van der Waals surface area contributed by atoms with Crippen molar-refractivity contribution in [3.05, 3.63) is 30.4 Å². The number of morpholine rings is 1. The number of β-amino-alcohol motifs (C(OH)–C–C–N with tert-alkyl or cyclic N) is 1. The summed E-state index contributed by atoms with van der Waals surface area (Å²) in [6.45, 7) is 11.8. The third kappa shape index (κ3) is 8.16. The van der Waals surface area contributed by atoms with E-state index in [0.717, 1.165) is 6.54 Å². The first kappa shape index (κ1) is 27.9. The average molecular weight is 481 g/mol. The van der Waals surface area contributed by atoms with Crippen molar-refractivity contribution < 1.29 is 33.6 Å². The molecular formula is C25H40N2O7. The van der Waals surface area contributed by atoms with E-state index < -0.39 is 6.10 Å². The third-order valence-electron chi connectivity index (χ3n) is 5.45. The molecule has 0 radical (unpaired) electrons. The van der Waals surface area contributed by atoms with Crippen LogP contribution in [0.5, 0.6) is 17.2 Å². The van der Waals surface area contributed by atoms with Gasteiger partial charge in [-0.25, -0.2) is 0 Å². The van der Waals surface area contributed by atoms with Crippen LogP contribution in [0.2, 0.25) is 0 Å². The average Bonchev–Trinajstić information content (AvgIpc) is 2.82. The molecule has 1 N–H and O–H groups in total. The highest BCUT2D eigenvalue weighted by Gasteiger charge is 2.28. The van der Waals surface area contributed by atoms with Gasteiger partial charge in [0.15, 0.2) is 11.5 Å². The first-order valence-electron chi connectivity index (χ1n) is 11.6. The summed E-state index contributed by atoms with van der Waals surface area (Å²) in [6, 6.07) is 3.34. The lowest BCUT2D eigenvalue weighted by Gasteiger charge is -2.37. The van der Waals surface area contributed by atoms with Gasteiger partial charge in [-0.3, -0.25) is 9.69 Å². The van der Waals surface area contributed by atoms with Crippen molar-refractivity contribution in [1.82, 2.24) is 9.80 Å². The summed E-state index contributed by atoms with van der Waals surface area (Å²) in [7, 11) is 4.58.